The van der Waals surface area contributed by atoms with E-state index in [0.29, 0.717) is 11.1 Å². The topological polar surface area (TPSA) is 410 Å². The van der Waals surface area contributed by atoms with Gasteiger partial charge in [-0.3, -0.25) is 47.1 Å². The van der Waals surface area contributed by atoms with Gasteiger partial charge in [0.2, 0.25) is 5.91 Å². The Hall–Kier alpha value is -6.66. The maximum Gasteiger partial charge on any atom is 0.410 e. The maximum absolute atomic E-state index is 16.8. The number of benzene rings is 1. The lowest BCUT2D eigenvalue weighted by atomic mass is 9.88. The van der Waals surface area contributed by atoms with Crippen LogP contribution in [0.1, 0.15) is 88.6 Å². The molecular formula is C55H70F3N13O18P2S2. The van der Waals surface area contributed by atoms with Crippen molar-refractivity contribution in [1.29, 1.82) is 0 Å². The molecule has 5 aromatic rings. The Morgan fingerprint density at radius 2 is 1.39 bits per heavy atom. The second-order valence-corrected chi connectivity index (χ2v) is 28.4. The smallest absolute Gasteiger partial charge is 0.410 e. The molecule has 14 atom stereocenters. The third-order valence-electron chi connectivity index (χ3n) is 15.7. The summed E-state index contributed by atoms with van der Waals surface area (Å²) in [6.45, 7) is -5.93. The fraction of sp³-hybridized carbons (Fsp3) is 0.582. The lowest BCUT2D eigenvalue weighted by Gasteiger charge is -2.29. The third kappa shape index (κ3) is 18.2. The number of fused-ring (bicyclic) bond motifs is 4. The number of primary amides is 1. The maximum atomic E-state index is 16.8. The van der Waals surface area contributed by atoms with E-state index in [-0.39, 0.29) is 135 Å². The monoisotopic (exact) mass is 1380 g/mol. The predicted octanol–water partition coefficient (Wildman–Crippen LogP) is 3.47. The first kappa shape index (κ1) is 70.7. The van der Waals surface area contributed by atoms with Crippen LogP contribution in [0.15, 0.2) is 49.6 Å². The van der Waals surface area contributed by atoms with E-state index in [0.717, 1.165) is 28.4 Å². The zero-order chi connectivity index (χ0) is 66.9. The molecule has 0 bridgehead atoms. The summed E-state index contributed by atoms with van der Waals surface area (Å²) in [7, 11) is 0. The van der Waals surface area contributed by atoms with Crippen LogP contribution >= 0.6 is 13.4 Å². The molecule has 4 fully saturated rings. The van der Waals surface area contributed by atoms with Gasteiger partial charge in [-0.05, 0) is 60.4 Å². The van der Waals surface area contributed by atoms with Gasteiger partial charge in [0.05, 0.1) is 69.8 Å². The van der Waals surface area contributed by atoms with Gasteiger partial charge in [0.15, 0.2) is 47.7 Å². The average molecular weight is 1380 g/mol. The highest BCUT2D eigenvalue weighted by molar-refractivity contribution is 8.07. The quantitative estimate of drug-likeness (QED) is 0.0262. The Balaban J connectivity index is 0.766. The summed E-state index contributed by atoms with van der Waals surface area (Å²) in [6, 6.07) is 3.84. The number of nitrogens with two attached hydrogens (primary N) is 2. The first-order chi connectivity index (χ1) is 44.2. The highest BCUT2D eigenvalue weighted by Gasteiger charge is 2.54. The van der Waals surface area contributed by atoms with Crippen LogP contribution in [0.5, 0.6) is 0 Å². The Morgan fingerprint density at radius 3 is 2.00 bits per heavy atom. The van der Waals surface area contributed by atoms with E-state index in [1.54, 1.807) is 38.1 Å². The number of rotatable bonds is 26. The molecule has 4 aliphatic rings. The van der Waals surface area contributed by atoms with Crippen molar-refractivity contribution < 1.29 is 98.3 Å². The van der Waals surface area contributed by atoms with Crippen LogP contribution in [0.2, 0.25) is 0 Å². The molecule has 93 heavy (non-hydrogen) atoms. The fourth-order valence-electron chi connectivity index (χ4n) is 10.8. The molecule has 38 heteroatoms. The number of halogens is 3. The van der Waals surface area contributed by atoms with Gasteiger partial charge in [-0.1, -0.05) is 38.1 Å². The number of alkyl halides is 3. The minimum atomic E-state index is -4.44. The summed E-state index contributed by atoms with van der Waals surface area (Å²) in [4.78, 5) is 138. The van der Waals surface area contributed by atoms with E-state index < -0.39 is 137 Å². The number of carbonyl (C=O) groups is 7. The summed E-state index contributed by atoms with van der Waals surface area (Å²) >= 11 is 10.5. The normalized spacial score (nSPS) is 27.2. The van der Waals surface area contributed by atoms with Gasteiger partial charge in [0.1, 0.15) is 79.1 Å². The molecule has 1 aromatic carbocycles. The molecule has 506 valence electrons. The molecule has 31 nitrogen and oxygen atoms in total. The minimum Gasteiger partial charge on any atom is -0.463 e. The molecule has 8 N–H and O–H groups in total. The van der Waals surface area contributed by atoms with Crippen LogP contribution in [-0.2, 0) is 109 Å². The Labute approximate surface area is 539 Å². The third-order valence-corrected chi connectivity index (χ3v) is 18.8. The molecular weight excluding hydrogens is 1310 g/mol. The van der Waals surface area contributed by atoms with Crippen molar-refractivity contribution in [3.8, 4) is 0 Å². The molecule has 4 saturated heterocycles. The van der Waals surface area contributed by atoms with Crippen molar-refractivity contribution >= 4 is 107 Å². The van der Waals surface area contributed by atoms with Gasteiger partial charge >= 0.3 is 31.5 Å². The average Bonchev–Trinajstić information content (AvgIpc) is 1.63. The standard InChI is InChI=1S/C55H70F3N13O18P2S2/c1-28(2)35(17-34(73)11-14-81-13-10-29(3)72)51(76)68-36(5-4-12-61-54(60)77)38(74)15-30-6-8-31(9-7-30)20-83-55(78)69-19-32(56)16-33(69)21-82-41(75)18-37-44-49(64-24-62-37)70(26-66-44)52-42(57)46-39(86-52)22-84-91(80,93)89-47-40(23-85-90(79,92)88-46)87-53(43(47)58)71-27-67-45-48(59)63-25-65-50(45)71/h6-9,24-28,32-33,35-36,39-40,42-43,46-47,52-53H,4-5,10-23H2,1-3H3,(H,68,76)(H,79,92)(H,80,93)(H2,59,63,65)(H3,60,61,77)/t32-,33-,35-,36-,39+,40+,42+,43+,46+,47+,52+,53+,90?,91?/m0/s1. The predicted molar refractivity (Wildman–Crippen MR) is 325 cm³/mol. The van der Waals surface area contributed by atoms with E-state index in [4.69, 9.17) is 76.9 Å². The van der Waals surface area contributed by atoms with Crippen molar-refractivity contribution in [2.45, 2.75) is 146 Å². The van der Waals surface area contributed by atoms with Gasteiger partial charge < -0.3 is 64.6 Å². The summed E-state index contributed by atoms with van der Waals surface area (Å²) < 4.78 is 101. The lowest BCUT2D eigenvalue weighted by Crippen LogP contribution is -2.46. The zero-order valence-corrected chi connectivity index (χ0v) is 53.8. The number of esters is 1. The number of anilines is 1. The zero-order valence-electron chi connectivity index (χ0n) is 50.4. The van der Waals surface area contributed by atoms with Gasteiger partial charge in [0, 0.05) is 44.6 Å². The molecule has 9 rings (SSSR count). The number of amides is 4. The van der Waals surface area contributed by atoms with Crippen LogP contribution in [-0.4, -0.2) is 196 Å². The number of ether oxygens (including phenoxy) is 5. The van der Waals surface area contributed by atoms with Crippen molar-refractivity contribution in [1.82, 2.24) is 54.6 Å². The first-order valence-corrected chi connectivity index (χ1v) is 34.7. The number of Topliss-reactive ketones (excluding diaryl/α,β-unsaturated/α-hetero) is 3. The molecule has 0 saturated carbocycles. The van der Waals surface area contributed by atoms with Crippen LogP contribution in [0.3, 0.4) is 0 Å². The molecule has 8 heterocycles. The summed E-state index contributed by atoms with van der Waals surface area (Å²) in [5, 5.41) is 5.28. The largest absolute Gasteiger partial charge is 0.463 e. The second kappa shape index (κ2) is 31.3. The number of aromatic nitrogens is 8. The highest BCUT2D eigenvalue weighted by atomic mass is 32.5. The summed E-state index contributed by atoms with van der Waals surface area (Å²) in [5.41, 5.74) is 12.4. The van der Waals surface area contributed by atoms with Gasteiger partial charge in [-0.25, -0.2) is 52.7 Å². The fourth-order valence-corrected chi connectivity index (χ4v) is 13.7. The summed E-state index contributed by atoms with van der Waals surface area (Å²) in [5.74, 6) is -2.97. The van der Waals surface area contributed by atoms with E-state index in [1.807, 2.05) is 0 Å². The molecule has 0 aliphatic carbocycles. The van der Waals surface area contributed by atoms with Crippen molar-refractivity contribution in [3.63, 3.8) is 0 Å². The van der Waals surface area contributed by atoms with Crippen molar-refractivity contribution in [2.75, 3.05) is 51.9 Å². The number of nitrogen functional groups attached to an aromatic ring is 1. The first-order valence-electron chi connectivity index (χ1n) is 29.5. The molecule has 2 unspecified atom stereocenters. The van der Waals surface area contributed by atoms with E-state index in [9.17, 15) is 47.7 Å². The van der Waals surface area contributed by atoms with E-state index in [2.05, 4.69) is 40.5 Å². The number of nitrogens with zero attached hydrogens (tertiary/aromatic N) is 9. The number of likely N-dealkylation sites (tertiary alicyclic amines) is 1. The van der Waals surface area contributed by atoms with Crippen molar-refractivity contribution in [2.24, 2.45) is 17.6 Å². The number of urea groups is 1. The lowest BCUT2D eigenvalue weighted by molar-refractivity contribution is -0.144. The van der Waals surface area contributed by atoms with Gasteiger partial charge in [-0.2, -0.15) is 0 Å². The van der Waals surface area contributed by atoms with Crippen LogP contribution < -0.4 is 22.1 Å². The minimum absolute atomic E-state index is 0.00586. The number of imidazole rings is 2. The molecule has 0 spiro atoms. The van der Waals surface area contributed by atoms with E-state index in [1.165, 1.54) is 17.8 Å². The SMILES string of the molecule is CC(=O)CCOCCC(=O)C[C@H](C(=O)N[C@@H](CCCNC(N)=O)C(=O)Cc1ccc(COC(=O)N2C[C@@H](F)C[C@H]2COC(=O)Cc2ncnc3c2ncn3[C@@H]2O[C@@H]3COP(O)(=S)O[C@H]4[C@@H](F)[C@H](n5cnc6c(N)ncnc65)O[C@@H]4COP(O)(=S)O[C@H]3[C@H]2F)cc1)C(C)C. The van der Waals surface area contributed by atoms with Crippen LogP contribution in [0, 0.1) is 11.8 Å². The summed E-state index contributed by atoms with van der Waals surface area (Å²) in [6.07, 6.45) is -11.8. The number of hydrogen-bond donors (Lipinski definition) is 6. The second-order valence-electron chi connectivity index (χ2n) is 22.8. The van der Waals surface area contributed by atoms with Crippen molar-refractivity contribution in [3.05, 3.63) is 66.4 Å². The highest BCUT2D eigenvalue weighted by Crippen LogP contribution is 2.55. The number of ketones is 3. The Bertz CT molecular complexity index is 3640. The number of carbonyl (C=O) groups excluding carboxylic acids is 7. The molecule has 0 radical (unpaired) electrons. The Morgan fingerprint density at radius 1 is 0.796 bits per heavy atom. The molecule has 4 amide bonds. The Kier molecular flexibility index (Phi) is 23.8. The van der Waals surface area contributed by atoms with Gasteiger partial charge in [0.25, 0.3) is 0 Å². The van der Waals surface area contributed by atoms with Crippen LogP contribution in [0.25, 0.3) is 22.3 Å². The molecule has 4 aromatic heterocycles. The number of nitrogens with one attached hydrogen (secondary N) is 2. The van der Waals surface area contributed by atoms with E-state index >= 15 is 8.78 Å². The van der Waals surface area contributed by atoms with Gasteiger partial charge in [-0.15, -0.1) is 0 Å². The number of hydrogen-bond acceptors (Lipinski definition) is 25. The van der Waals surface area contributed by atoms with Crippen LogP contribution in [0.4, 0.5) is 28.6 Å². The molecule has 4 aliphatic heterocycles.